The summed E-state index contributed by atoms with van der Waals surface area (Å²) in [6, 6.07) is 14.1. The number of imidazole rings is 1. The fourth-order valence-corrected chi connectivity index (χ4v) is 6.56. The number of H-pyrrole nitrogens is 2. The molecule has 1 amide bonds. The third-order valence-corrected chi connectivity index (χ3v) is 8.84. The smallest absolute Gasteiger partial charge is 0.410 e. The normalized spacial score (nSPS) is 17.0. The highest BCUT2D eigenvalue weighted by Crippen LogP contribution is 2.31. The third-order valence-electron chi connectivity index (χ3n) is 8.84. The molecule has 1 saturated heterocycles. The van der Waals surface area contributed by atoms with E-state index in [1.165, 1.54) is 0 Å². The second-order valence-electron chi connectivity index (χ2n) is 11.7. The largest absolute Gasteiger partial charge is 0.438 e. The van der Waals surface area contributed by atoms with Crippen LogP contribution in [0.5, 0.6) is 0 Å². The van der Waals surface area contributed by atoms with Gasteiger partial charge < -0.3 is 19.2 Å². The first-order valence-electron chi connectivity index (χ1n) is 14.7. The van der Waals surface area contributed by atoms with E-state index in [0.717, 1.165) is 69.6 Å². The fraction of sp³-hybridized carbons (Fsp3) is 0.375. The monoisotopic (exact) mass is 565 g/mol. The number of aromatic amines is 2. The number of ether oxygens (including phenoxy) is 1. The Hall–Kier alpha value is -4.44. The average Bonchev–Trinajstić information content (AvgIpc) is 3.64. The van der Waals surface area contributed by atoms with Gasteiger partial charge in [0, 0.05) is 61.8 Å². The number of piperidine rings is 1. The van der Waals surface area contributed by atoms with E-state index < -0.39 is 6.10 Å². The molecule has 7 rings (SSSR count). The minimum Gasteiger partial charge on any atom is -0.438 e. The molecule has 2 aliphatic rings. The molecule has 1 fully saturated rings. The van der Waals surface area contributed by atoms with Crippen LogP contribution in [0, 0.1) is 6.92 Å². The second kappa shape index (κ2) is 10.8. The molecule has 0 bridgehead atoms. The van der Waals surface area contributed by atoms with E-state index in [0.29, 0.717) is 32.4 Å². The molecular formula is C32H35N7O3. The van der Waals surface area contributed by atoms with Crippen molar-refractivity contribution in [3.05, 3.63) is 93.4 Å². The SMILES string of the molecule is Cc1cc(CC(OC(=O)N2CCC(c3cc4ccccc4[nH]c3=O)CC2)c2ncc3n2CCN(C)C3)cc2cn[nH]c12. The first-order chi connectivity index (χ1) is 20.4. The maximum atomic E-state index is 13.6. The average molecular weight is 566 g/mol. The molecule has 1 unspecified atom stereocenters. The zero-order valence-corrected chi connectivity index (χ0v) is 24.0. The Morgan fingerprint density at radius 3 is 2.76 bits per heavy atom. The Morgan fingerprint density at radius 2 is 1.90 bits per heavy atom. The maximum absolute atomic E-state index is 13.6. The van der Waals surface area contributed by atoms with Gasteiger partial charge in [0.1, 0.15) is 0 Å². The lowest BCUT2D eigenvalue weighted by Crippen LogP contribution is -2.40. The van der Waals surface area contributed by atoms with Gasteiger partial charge in [0.15, 0.2) is 11.9 Å². The summed E-state index contributed by atoms with van der Waals surface area (Å²) in [6.45, 7) is 5.66. The van der Waals surface area contributed by atoms with Crippen molar-refractivity contribution in [2.24, 2.45) is 0 Å². The van der Waals surface area contributed by atoms with Crippen LogP contribution in [0.15, 0.2) is 59.7 Å². The Morgan fingerprint density at radius 1 is 1.07 bits per heavy atom. The third kappa shape index (κ3) is 4.96. The quantitative estimate of drug-likeness (QED) is 0.321. The van der Waals surface area contributed by atoms with Crippen LogP contribution in [0.3, 0.4) is 0 Å². The van der Waals surface area contributed by atoms with Crippen LogP contribution in [-0.2, 0) is 24.2 Å². The van der Waals surface area contributed by atoms with Crippen LogP contribution >= 0.6 is 0 Å². The van der Waals surface area contributed by atoms with E-state index in [2.05, 4.69) is 50.8 Å². The van der Waals surface area contributed by atoms with Crippen molar-refractivity contribution in [2.45, 2.75) is 51.3 Å². The molecule has 2 N–H and O–H groups in total. The number of hydrogen-bond acceptors (Lipinski definition) is 6. The molecule has 42 heavy (non-hydrogen) atoms. The predicted octanol–water partition coefficient (Wildman–Crippen LogP) is 4.65. The van der Waals surface area contributed by atoms with Crippen LogP contribution in [0.1, 0.15) is 53.1 Å². The van der Waals surface area contributed by atoms with E-state index in [1.54, 1.807) is 4.90 Å². The van der Waals surface area contributed by atoms with Gasteiger partial charge in [-0.25, -0.2) is 9.78 Å². The summed E-state index contributed by atoms with van der Waals surface area (Å²) in [5.41, 5.74) is 5.90. The number of benzene rings is 2. The molecule has 3 aromatic heterocycles. The number of likely N-dealkylation sites (N-methyl/N-ethyl adjacent to an activating group) is 1. The molecule has 1 atom stereocenters. The van der Waals surface area contributed by atoms with Gasteiger partial charge in [-0.1, -0.05) is 24.3 Å². The first-order valence-corrected chi connectivity index (χ1v) is 14.7. The van der Waals surface area contributed by atoms with Crippen molar-refractivity contribution in [2.75, 3.05) is 26.7 Å². The Balaban J connectivity index is 1.10. The lowest BCUT2D eigenvalue weighted by molar-refractivity contribution is 0.0498. The highest BCUT2D eigenvalue weighted by atomic mass is 16.6. The Labute approximate surface area is 243 Å². The fourth-order valence-electron chi connectivity index (χ4n) is 6.56. The van der Waals surface area contributed by atoms with Crippen molar-refractivity contribution in [3.8, 4) is 0 Å². The summed E-state index contributed by atoms with van der Waals surface area (Å²) in [5, 5.41) is 9.31. The van der Waals surface area contributed by atoms with Gasteiger partial charge in [-0.15, -0.1) is 0 Å². The van der Waals surface area contributed by atoms with Crippen LogP contribution in [0.4, 0.5) is 4.79 Å². The molecule has 2 aliphatic heterocycles. The van der Waals surface area contributed by atoms with E-state index >= 15 is 0 Å². The number of nitrogens with one attached hydrogen (secondary N) is 2. The molecule has 0 radical (unpaired) electrons. The van der Waals surface area contributed by atoms with Gasteiger partial charge in [-0.05, 0) is 67.4 Å². The highest BCUT2D eigenvalue weighted by molar-refractivity contribution is 5.82. The van der Waals surface area contributed by atoms with Gasteiger partial charge in [-0.2, -0.15) is 5.10 Å². The molecule has 216 valence electrons. The van der Waals surface area contributed by atoms with Gasteiger partial charge in [-0.3, -0.25) is 14.8 Å². The van der Waals surface area contributed by atoms with Crippen molar-refractivity contribution in [1.82, 2.24) is 34.5 Å². The van der Waals surface area contributed by atoms with Gasteiger partial charge in [0.2, 0.25) is 0 Å². The van der Waals surface area contributed by atoms with Crippen LogP contribution in [-0.4, -0.2) is 67.3 Å². The zero-order chi connectivity index (χ0) is 28.8. The molecule has 0 aliphatic carbocycles. The Kier molecular flexibility index (Phi) is 6.78. The van der Waals surface area contributed by atoms with E-state index in [1.807, 2.05) is 42.7 Å². The second-order valence-corrected chi connectivity index (χ2v) is 11.7. The summed E-state index contributed by atoms with van der Waals surface area (Å²) in [6.07, 6.45) is 4.80. The molecule has 0 spiro atoms. The summed E-state index contributed by atoms with van der Waals surface area (Å²) in [5.74, 6) is 0.883. The number of aryl methyl sites for hydroxylation is 1. The number of likely N-dealkylation sites (tertiary alicyclic amines) is 1. The molecule has 10 heteroatoms. The molecule has 5 heterocycles. The molecule has 5 aromatic rings. The van der Waals surface area contributed by atoms with Crippen LogP contribution in [0.2, 0.25) is 0 Å². The number of rotatable bonds is 5. The first kappa shape index (κ1) is 26.5. The topological polar surface area (TPSA) is 112 Å². The number of fused-ring (bicyclic) bond motifs is 3. The number of carbonyl (C=O) groups excluding carboxylic acids is 1. The van der Waals surface area contributed by atoms with Crippen molar-refractivity contribution >= 4 is 27.9 Å². The van der Waals surface area contributed by atoms with Gasteiger partial charge in [0.25, 0.3) is 5.56 Å². The molecule has 2 aromatic carbocycles. The van der Waals surface area contributed by atoms with Crippen molar-refractivity contribution in [3.63, 3.8) is 0 Å². The lowest BCUT2D eigenvalue weighted by Gasteiger charge is -2.33. The number of nitrogens with zero attached hydrogens (tertiary/aromatic N) is 5. The maximum Gasteiger partial charge on any atom is 0.410 e. The zero-order valence-electron chi connectivity index (χ0n) is 24.0. The number of amides is 1. The summed E-state index contributed by atoms with van der Waals surface area (Å²) in [4.78, 5) is 38.3. The number of aromatic nitrogens is 5. The summed E-state index contributed by atoms with van der Waals surface area (Å²) >= 11 is 0. The van der Waals surface area contributed by atoms with Crippen molar-refractivity contribution < 1.29 is 9.53 Å². The number of carbonyl (C=O) groups is 1. The predicted molar refractivity (Wildman–Crippen MR) is 160 cm³/mol. The summed E-state index contributed by atoms with van der Waals surface area (Å²) in [7, 11) is 2.10. The van der Waals surface area contributed by atoms with Gasteiger partial charge in [0.05, 0.1) is 17.4 Å². The van der Waals surface area contributed by atoms with Crippen molar-refractivity contribution in [1.29, 1.82) is 0 Å². The minimum atomic E-state index is -0.528. The molecule has 10 nitrogen and oxygen atoms in total. The Bertz CT molecular complexity index is 1830. The minimum absolute atomic E-state index is 0.0469. The van der Waals surface area contributed by atoms with E-state index in [9.17, 15) is 9.59 Å². The summed E-state index contributed by atoms with van der Waals surface area (Å²) < 4.78 is 8.49. The van der Waals surface area contributed by atoms with Crippen LogP contribution in [0.25, 0.3) is 21.8 Å². The van der Waals surface area contributed by atoms with Gasteiger partial charge >= 0.3 is 6.09 Å². The van der Waals surface area contributed by atoms with E-state index in [4.69, 9.17) is 9.72 Å². The molecule has 0 saturated carbocycles. The number of para-hydroxylation sites is 1. The highest BCUT2D eigenvalue weighted by Gasteiger charge is 2.31. The van der Waals surface area contributed by atoms with Crippen LogP contribution < -0.4 is 5.56 Å². The molecular weight excluding hydrogens is 530 g/mol. The number of hydrogen-bond donors (Lipinski definition) is 2. The standard InChI is InChI=1S/C32H35N7O3/c1-20-13-21(14-24-17-34-36-29(20)24)15-28(30-33-18-25-19-37(2)11-12-39(25)30)42-32(41)38-9-7-22(8-10-38)26-16-23-5-3-4-6-27(23)35-31(26)40/h3-6,13-14,16-18,22,28H,7-12,15,19H2,1-2H3,(H,34,36)(H,35,40). The lowest BCUT2D eigenvalue weighted by atomic mass is 9.89. The van der Waals surface area contributed by atoms with E-state index in [-0.39, 0.29) is 17.6 Å². The number of pyridine rings is 1.